The highest BCUT2D eigenvalue weighted by Crippen LogP contribution is 2.51. The Morgan fingerprint density at radius 1 is 1.31 bits per heavy atom. The van der Waals surface area contributed by atoms with Crippen molar-refractivity contribution < 1.29 is 38.8 Å². The minimum Gasteiger partial charge on any atom is -0.477 e. The summed E-state index contributed by atoms with van der Waals surface area (Å²) in [5.74, 6) is -2.42. The third-order valence-corrected chi connectivity index (χ3v) is 9.82. The molecule has 2 aliphatic heterocycles. The molecule has 0 spiro atoms. The molecular weight excluding hydrogens is 586 g/mol. The quantitative estimate of drug-likeness (QED) is 0.115. The van der Waals surface area contributed by atoms with Gasteiger partial charge in [-0.2, -0.15) is 4.40 Å². The van der Waals surface area contributed by atoms with Gasteiger partial charge >= 0.3 is 12.1 Å². The molecule has 0 radical (unpaired) electrons. The summed E-state index contributed by atoms with van der Waals surface area (Å²) in [7, 11) is 1.63. The van der Waals surface area contributed by atoms with Gasteiger partial charge < -0.3 is 24.7 Å². The molecule has 42 heavy (non-hydrogen) atoms. The Balaban J connectivity index is 1.29. The second-order valence-electron chi connectivity index (χ2n) is 10.3. The Hall–Kier alpha value is -3.95. The van der Waals surface area contributed by atoms with Crippen molar-refractivity contribution in [3.05, 3.63) is 63.0 Å². The van der Waals surface area contributed by atoms with Gasteiger partial charge in [0.05, 0.1) is 34.4 Å². The first-order chi connectivity index (χ1) is 19.9. The largest absolute Gasteiger partial charge is 0.477 e. The summed E-state index contributed by atoms with van der Waals surface area (Å²) in [6, 6.07) is 5.42. The topological polar surface area (TPSA) is 159 Å². The van der Waals surface area contributed by atoms with Gasteiger partial charge in [0.1, 0.15) is 25.0 Å². The van der Waals surface area contributed by atoms with E-state index in [1.54, 1.807) is 26.1 Å². The number of β-lactam (4-membered cyclic amide) rings is 1. The molecule has 2 aromatic heterocycles. The van der Waals surface area contributed by atoms with Gasteiger partial charge in [-0.3, -0.25) is 14.9 Å². The van der Waals surface area contributed by atoms with Crippen molar-refractivity contribution in [1.82, 2.24) is 14.2 Å². The number of ether oxygens (including phenoxy) is 1. The summed E-state index contributed by atoms with van der Waals surface area (Å²) in [6.45, 7) is 4.27. The SMILES string of the molecule is CSc1c2sc(C3=C(C(=O)O)N4C(=O)[C@H]([C@@H](C)O)[C@H]4[C@H]3C)cn2c[n+]1CCN(C)C(=O)OCc1ccc([N+](=O)[O-])cc1. The van der Waals surface area contributed by atoms with Gasteiger partial charge in [0, 0.05) is 30.7 Å². The lowest BCUT2D eigenvalue weighted by Gasteiger charge is -2.46. The van der Waals surface area contributed by atoms with E-state index in [1.807, 2.05) is 34.7 Å². The molecule has 5 rings (SSSR count). The normalized spacial score (nSPS) is 20.5. The number of non-ortho nitro benzene ring substituents is 1. The molecule has 1 fully saturated rings. The number of aliphatic hydroxyl groups excluding tert-OH is 1. The van der Waals surface area contributed by atoms with Crippen LogP contribution < -0.4 is 4.57 Å². The van der Waals surface area contributed by atoms with E-state index in [0.29, 0.717) is 24.2 Å². The number of carbonyl (C=O) groups excluding carboxylic acids is 2. The van der Waals surface area contributed by atoms with Crippen LogP contribution in [0.1, 0.15) is 24.3 Å². The lowest BCUT2D eigenvalue weighted by atomic mass is 9.77. The first kappa shape index (κ1) is 29.5. The highest BCUT2D eigenvalue weighted by atomic mass is 32.2. The van der Waals surface area contributed by atoms with Crippen LogP contribution in [0.15, 0.2) is 47.5 Å². The number of nitro benzene ring substituents is 1. The van der Waals surface area contributed by atoms with Gasteiger partial charge in [-0.1, -0.05) is 30.0 Å². The third-order valence-electron chi connectivity index (χ3n) is 7.74. The zero-order valence-electron chi connectivity index (χ0n) is 23.3. The van der Waals surface area contributed by atoms with Gasteiger partial charge in [0.15, 0.2) is 0 Å². The molecule has 2 aliphatic rings. The maximum absolute atomic E-state index is 12.7. The van der Waals surface area contributed by atoms with Gasteiger partial charge in [-0.05, 0) is 30.9 Å². The van der Waals surface area contributed by atoms with Crippen molar-refractivity contribution >= 4 is 57.2 Å². The maximum Gasteiger partial charge on any atom is 0.409 e. The van der Waals surface area contributed by atoms with Crippen LogP contribution in [0.25, 0.3) is 10.4 Å². The Morgan fingerprint density at radius 2 is 2.00 bits per heavy atom. The second kappa shape index (κ2) is 11.4. The number of rotatable bonds is 10. The number of carboxylic acids is 1. The molecule has 2 N–H and O–H groups in total. The van der Waals surface area contributed by atoms with E-state index < -0.39 is 29.0 Å². The molecule has 4 heterocycles. The molecule has 15 heteroatoms. The van der Waals surface area contributed by atoms with Gasteiger partial charge in [-0.25, -0.2) is 14.2 Å². The lowest BCUT2D eigenvalue weighted by molar-refractivity contribution is -0.729. The second-order valence-corrected chi connectivity index (χ2v) is 12.2. The van der Waals surface area contributed by atoms with Gasteiger partial charge in [0.2, 0.25) is 15.8 Å². The highest BCUT2D eigenvalue weighted by Gasteiger charge is 2.60. The fourth-order valence-electron chi connectivity index (χ4n) is 5.63. The average molecular weight is 617 g/mol. The average Bonchev–Trinajstić information content (AvgIpc) is 3.57. The maximum atomic E-state index is 12.7. The summed E-state index contributed by atoms with van der Waals surface area (Å²) in [5.41, 5.74) is 1.17. The summed E-state index contributed by atoms with van der Waals surface area (Å²) in [5, 5.41) is 31.9. The van der Waals surface area contributed by atoms with E-state index in [9.17, 15) is 34.7 Å². The van der Waals surface area contributed by atoms with Crippen LogP contribution in [0.2, 0.25) is 0 Å². The van der Waals surface area contributed by atoms with Crippen molar-refractivity contribution in [3.8, 4) is 0 Å². The molecule has 0 saturated carbocycles. The number of aliphatic carboxylic acids is 1. The van der Waals surface area contributed by atoms with Crippen molar-refractivity contribution in [3.63, 3.8) is 0 Å². The Morgan fingerprint density at radius 3 is 2.60 bits per heavy atom. The van der Waals surface area contributed by atoms with Crippen LogP contribution in [-0.2, 0) is 27.5 Å². The zero-order chi connectivity index (χ0) is 30.5. The van der Waals surface area contributed by atoms with E-state index in [4.69, 9.17) is 4.74 Å². The number of aromatic nitrogens is 2. The van der Waals surface area contributed by atoms with Gasteiger partial charge in [-0.15, -0.1) is 0 Å². The van der Waals surface area contributed by atoms with Crippen LogP contribution in [0.5, 0.6) is 0 Å². The van der Waals surface area contributed by atoms with Crippen LogP contribution in [-0.4, -0.2) is 79.3 Å². The number of fused-ring (bicyclic) bond motifs is 2. The molecule has 1 saturated heterocycles. The molecule has 3 aromatic rings. The minimum atomic E-state index is -1.17. The molecule has 4 atom stereocenters. The molecule has 0 unspecified atom stereocenters. The Labute approximate surface area is 248 Å². The van der Waals surface area contributed by atoms with E-state index in [-0.39, 0.29) is 35.9 Å². The first-order valence-corrected chi connectivity index (χ1v) is 15.2. The Kier molecular flexibility index (Phi) is 8.00. The molecule has 222 valence electrons. The number of hydrogen-bond donors (Lipinski definition) is 2. The number of likely N-dealkylation sites (N-methyl/N-ethyl adjacent to an activating group) is 1. The molecule has 2 amide bonds. The van der Waals surface area contributed by atoms with E-state index >= 15 is 0 Å². The zero-order valence-corrected chi connectivity index (χ0v) is 24.9. The number of carboxylic acid groups (broad SMARTS) is 1. The molecule has 1 aromatic carbocycles. The standard InChI is InChI=1S/C27H29N5O8S2/c1-14-19(22(26(35)36)31-21(14)20(15(2)33)23(31)34)18-11-30-13-29(24(41-4)25(30)42-18)10-9-28(3)27(37)40-12-16-5-7-17(8-6-16)32(38)39/h5-8,11,13-15,20-21,33H,9-10,12H2,1-4H3/p+1/t14-,15+,20+,21+/m0/s1. The number of benzene rings is 1. The number of imidazole rings is 1. The predicted octanol–water partition coefficient (Wildman–Crippen LogP) is 2.84. The number of hydrogen-bond acceptors (Lipinski definition) is 9. The van der Waals surface area contributed by atoms with Crippen LogP contribution in [0, 0.1) is 22.0 Å². The number of nitrogens with zero attached hydrogens (tertiary/aromatic N) is 5. The predicted molar refractivity (Wildman–Crippen MR) is 153 cm³/mol. The smallest absolute Gasteiger partial charge is 0.409 e. The first-order valence-electron chi connectivity index (χ1n) is 13.1. The summed E-state index contributed by atoms with van der Waals surface area (Å²) in [6.07, 6.45) is 4.29. The minimum absolute atomic E-state index is 0.0104. The van der Waals surface area contributed by atoms with Gasteiger partial charge in [0.25, 0.3) is 12.0 Å². The van der Waals surface area contributed by atoms with E-state index in [0.717, 1.165) is 14.7 Å². The summed E-state index contributed by atoms with van der Waals surface area (Å²) < 4.78 is 9.27. The van der Waals surface area contributed by atoms with Crippen LogP contribution in [0.3, 0.4) is 0 Å². The van der Waals surface area contributed by atoms with Crippen molar-refractivity contribution in [1.29, 1.82) is 0 Å². The summed E-state index contributed by atoms with van der Waals surface area (Å²) in [4.78, 5) is 52.2. The van der Waals surface area contributed by atoms with Crippen LogP contribution in [0.4, 0.5) is 10.5 Å². The fourth-order valence-corrected chi connectivity index (χ4v) is 7.84. The van der Waals surface area contributed by atoms with E-state index in [1.165, 1.54) is 45.0 Å². The molecule has 0 aliphatic carbocycles. The Bertz CT molecular complexity index is 1610. The number of nitro groups is 1. The molecule has 13 nitrogen and oxygen atoms in total. The number of thioether (sulfide) groups is 1. The van der Waals surface area contributed by atoms with Crippen molar-refractivity contribution in [2.45, 2.75) is 44.2 Å². The monoisotopic (exact) mass is 616 g/mol. The summed E-state index contributed by atoms with van der Waals surface area (Å²) >= 11 is 2.96. The highest BCUT2D eigenvalue weighted by molar-refractivity contribution is 7.98. The lowest BCUT2D eigenvalue weighted by Crippen LogP contribution is -2.63. The molecular formula is C27H30N5O8S2+. The fraction of sp³-hybridized carbons (Fsp3) is 0.407. The van der Waals surface area contributed by atoms with Crippen LogP contribution >= 0.6 is 23.1 Å². The third kappa shape index (κ3) is 5.01. The van der Waals surface area contributed by atoms with Crippen molar-refractivity contribution in [2.75, 3.05) is 19.8 Å². The van der Waals surface area contributed by atoms with E-state index in [2.05, 4.69) is 0 Å². The molecule has 0 bridgehead atoms. The number of amides is 2. The number of aliphatic hydroxyl groups is 1. The number of carbonyl (C=O) groups is 3. The van der Waals surface area contributed by atoms with Crippen molar-refractivity contribution in [2.24, 2.45) is 11.8 Å². The number of thiazole rings is 1.